The van der Waals surface area contributed by atoms with E-state index in [1.54, 1.807) is 24.3 Å². The molecule has 2 aromatic rings. The van der Waals surface area contributed by atoms with Gasteiger partial charge in [0.25, 0.3) is 0 Å². The van der Waals surface area contributed by atoms with Gasteiger partial charge in [-0.2, -0.15) is 0 Å². The van der Waals surface area contributed by atoms with Gasteiger partial charge in [-0.05, 0) is 24.3 Å². The van der Waals surface area contributed by atoms with Gasteiger partial charge in [0, 0.05) is 5.56 Å². The zero-order valence-electron chi connectivity index (χ0n) is 13.6. The van der Waals surface area contributed by atoms with Crippen molar-refractivity contribution in [3.8, 4) is 5.75 Å². The predicted octanol–water partition coefficient (Wildman–Crippen LogP) is 4.33. The standard InChI is InChI=1S/C19H14FNO4S/c1-25-19(24)16-17(23)15(10-11-6-2-5-9-14(11)22)26-18(16)21-13-8-4-3-7-12(13)20/h2-10,22-23H,1H3/b15-10+,21-18?. The maximum atomic E-state index is 13.9. The van der Waals surface area contributed by atoms with Gasteiger partial charge in [-0.1, -0.05) is 42.1 Å². The molecule has 132 valence electrons. The molecular weight excluding hydrogens is 357 g/mol. The summed E-state index contributed by atoms with van der Waals surface area (Å²) in [5, 5.41) is 20.5. The van der Waals surface area contributed by atoms with Crippen LogP contribution >= 0.6 is 11.8 Å². The number of nitrogens with zero attached hydrogens (tertiary/aromatic N) is 1. The second-order valence-electron chi connectivity index (χ2n) is 5.25. The number of aliphatic hydroxyl groups excluding tert-OH is 1. The van der Waals surface area contributed by atoms with Crippen LogP contribution in [-0.4, -0.2) is 28.3 Å². The molecule has 0 aromatic heterocycles. The number of aliphatic imine (C=N–C) groups is 1. The zero-order chi connectivity index (χ0) is 18.7. The van der Waals surface area contributed by atoms with Gasteiger partial charge in [0.15, 0.2) is 0 Å². The van der Waals surface area contributed by atoms with Crippen molar-refractivity contribution in [3.05, 3.63) is 76.1 Å². The number of aromatic hydroxyl groups is 1. The fourth-order valence-corrected chi connectivity index (χ4v) is 3.31. The van der Waals surface area contributed by atoms with Crippen LogP contribution < -0.4 is 0 Å². The number of phenolic OH excluding ortho intramolecular Hbond substituents is 1. The number of carbonyl (C=O) groups excluding carboxylic acids is 1. The fraction of sp³-hybridized carbons (Fsp3) is 0.0526. The number of rotatable bonds is 3. The Morgan fingerprint density at radius 3 is 2.54 bits per heavy atom. The summed E-state index contributed by atoms with van der Waals surface area (Å²) in [5.74, 6) is -1.65. The zero-order valence-corrected chi connectivity index (χ0v) is 14.5. The average Bonchev–Trinajstić information content (AvgIpc) is 2.93. The number of benzene rings is 2. The van der Waals surface area contributed by atoms with E-state index in [2.05, 4.69) is 4.99 Å². The number of halogens is 1. The number of para-hydroxylation sites is 2. The van der Waals surface area contributed by atoms with E-state index in [0.717, 1.165) is 11.8 Å². The van der Waals surface area contributed by atoms with Gasteiger partial charge in [-0.15, -0.1) is 0 Å². The van der Waals surface area contributed by atoms with Crippen molar-refractivity contribution in [2.75, 3.05) is 7.11 Å². The summed E-state index contributed by atoms with van der Waals surface area (Å²) in [6, 6.07) is 12.4. The van der Waals surface area contributed by atoms with Crippen LogP contribution in [0.15, 0.2) is 69.8 Å². The van der Waals surface area contributed by atoms with Crippen LogP contribution in [0.3, 0.4) is 0 Å². The van der Waals surface area contributed by atoms with Crippen LogP contribution in [0, 0.1) is 5.82 Å². The molecule has 0 saturated heterocycles. The van der Waals surface area contributed by atoms with Crippen molar-refractivity contribution in [3.63, 3.8) is 0 Å². The number of carbonyl (C=O) groups is 1. The molecular formula is C19H14FNO4S. The Morgan fingerprint density at radius 2 is 1.85 bits per heavy atom. The van der Waals surface area contributed by atoms with Crippen LogP contribution in [-0.2, 0) is 9.53 Å². The van der Waals surface area contributed by atoms with E-state index in [1.165, 1.54) is 37.5 Å². The lowest BCUT2D eigenvalue weighted by Gasteiger charge is -2.02. The summed E-state index contributed by atoms with van der Waals surface area (Å²) >= 11 is 0.986. The number of hydrogen-bond donors (Lipinski definition) is 2. The monoisotopic (exact) mass is 371 g/mol. The second-order valence-corrected chi connectivity index (χ2v) is 6.28. The summed E-state index contributed by atoms with van der Waals surface area (Å²) < 4.78 is 18.6. The highest BCUT2D eigenvalue weighted by atomic mass is 32.2. The lowest BCUT2D eigenvalue weighted by atomic mass is 10.1. The Morgan fingerprint density at radius 1 is 1.15 bits per heavy atom. The maximum absolute atomic E-state index is 13.9. The van der Waals surface area contributed by atoms with Gasteiger partial charge in [0.2, 0.25) is 0 Å². The topological polar surface area (TPSA) is 79.1 Å². The van der Waals surface area contributed by atoms with Crippen LogP contribution in [0.4, 0.5) is 10.1 Å². The molecule has 1 aliphatic rings. The normalized spacial score (nSPS) is 17.2. The molecule has 0 amide bonds. The van der Waals surface area contributed by atoms with Gasteiger partial charge in [0.05, 0.1) is 12.0 Å². The van der Waals surface area contributed by atoms with Crippen molar-refractivity contribution >= 4 is 34.5 Å². The fourth-order valence-electron chi connectivity index (χ4n) is 2.29. The number of methoxy groups -OCH3 is 1. The van der Waals surface area contributed by atoms with Gasteiger partial charge in [-0.3, -0.25) is 0 Å². The molecule has 5 nitrogen and oxygen atoms in total. The van der Waals surface area contributed by atoms with E-state index >= 15 is 0 Å². The largest absolute Gasteiger partial charge is 0.507 e. The third-order valence-corrected chi connectivity index (χ3v) is 4.60. The first-order valence-electron chi connectivity index (χ1n) is 7.54. The number of aliphatic hydroxyl groups is 1. The Bertz CT molecular complexity index is 966. The third-order valence-electron chi connectivity index (χ3n) is 3.58. The van der Waals surface area contributed by atoms with E-state index in [0.29, 0.717) is 10.5 Å². The van der Waals surface area contributed by atoms with Gasteiger partial charge in [0.1, 0.15) is 33.6 Å². The molecule has 3 rings (SSSR count). The maximum Gasteiger partial charge on any atom is 0.344 e. The Labute approximate surface area is 153 Å². The average molecular weight is 371 g/mol. The Balaban J connectivity index is 2.09. The molecule has 0 bridgehead atoms. The van der Waals surface area contributed by atoms with Crippen LogP contribution in [0.2, 0.25) is 0 Å². The summed E-state index contributed by atoms with van der Waals surface area (Å²) in [5.41, 5.74) is 0.341. The van der Waals surface area contributed by atoms with Gasteiger partial charge >= 0.3 is 5.97 Å². The molecule has 26 heavy (non-hydrogen) atoms. The molecule has 1 heterocycles. The van der Waals surface area contributed by atoms with Crippen LogP contribution in [0.1, 0.15) is 5.56 Å². The lowest BCUT2D eigenvalue weighted by Crippen LogP contribution is -2.10. The molecule has 0 saturated carbocycles. The van der Waals surface area contributed by atoms with Crippen molar-refractivity contribution in [2.24, 2.45) is 4.99 Å². The SMILES string of the molecule is COC(=O)C1=C(O)/C(=C\c2ccccc2O)SC1=Nc1ccccc1F. The highest BCUT2D eigenvalue weighted by Crippen LogP contribution is 2.41. The first kappa shape index (κ1) is 17.8. The molecule has 0 unspecified atom stereocenters. The van der Waals surface area contributed by atoms with E-state index in [4.69, 9.17) is 4.74 Å². The van der Waals surface area contributed by atoms with Gasteiger partial charge in [-0.25, -0.2) is 14.2 Å². The van der Waals surface area contributed by atoms with Crippen molar-refractivity contribution in [1.82, 2.24) is 0 Å². The minimum Gasteiger partial charge on any atom is -0.507 e. The lowest BCUT2D eigenvalue weighted by molar-refractivity contribution is -0.135. The summed E-state index contributed by atoms with van der Waals surface area (Å²) in [4.78, 5) is 16.5. The highest BCUT2D eigenvalue weighted by Gasteiger charge is 2.33. The number of esters is 1. The number of hydrogen-bond acceptors (Lipinski definition) is 6. The Hall–Kier alpha value is -3.06. The number of phenols is 1. The molecule has 0 aliphatic carbocycles. The molecule has 7 heteroatoms. The second kappa shape index (κ2) is 7.45. The third kappa shape index (κ3) is 3.48. The number of thioether (sulfide) groups is 1. The summed E-state index contributed by atoms with van der Waals surface area (Å²) in [7, 11) is 1.18. The van der Waals surface area contributed by atoms with E-state index in [9.17, 15) is 19.4 Å². The molecule has 0 fully saturated rings. The minimum atomic E-state index is -0.786. The van der Waals surface area contributed by atoms with Crippen molar-refractivity contribution in [1.29, 1.82) is 0 Å². The summed E-state index contributed by atoms with van der Waals surface area (Å²) in [6.45, 7) is 0. The summed E-state index contributed by atoms with van der Waals surface area (Å²) in [6.07, 6.45) is 1.52. The van der Waals surface area contributed by atoms with Crippen LogP contribution in [0.25, 0.3) is 6.08 Å². The predicted molar refractivity (Wildman–Crippen MR) is 98.8 cm³/mol. The smallest absolute Gasteiger partial charge is 0.344 e. The molecule has 0 spiro atoms. The molecule has 0 atom stereocenters. The quantitative estimate of drug-likeness (QED) is 0.785. The Kier molecular flexibility index (Phi) is 5.09. The molecule has 2 aromatic carbocycles. The minimum absolute atomic E-state index is 0.0208. The highest BCUT2D eigenvalue weighted by molar-refractivity contribution is 8.18. The van der Waals surface area contributed by atoms with Crippen molar-refractivity contribution < 1.29 is 24.1 Å². The first-order valence-corrected chi connectivity index (χ1v) is 8.36. The van der Waals surface area contributed by atoms with E-state index in [-0.39, 0.29) is 27.8 Å². The molecule has 0 radical (unpaired) electrons. The molecule has 2 N–H and O–H groups in total. The van der Waals surface area contributed by atoms with E-state index in [1.807, 2.05) is 0 Å². The van der Waals surface area contributed by atoms with Crippen LogP contribution in [0.5, 0.6) is 5.75 Å². The van der Waals surface area contributed by atoms with Gasteiger partial charge < -0.3 is 14.9 Å². The number of ether oxygens (including phenoxy) is 1. The van der Waals surface area contributed by atoms with E-state index < -0.39 is 11.8 Å². The van der Waals surface area contributed by atoms with Crippen molar-refractivity contribution in [2.45, 2.75) is 0 Å². The molecule has 1 aliphatic heterocycles. The first-order chi connectivity index (χ1) is 12.5.